The molecule has 0 aromatic heterocycles. The summed E-state index contributed by atoms with van der Waals surface area (Å²) in [6.07, 6.45) is -4.31. The molecule has 0 saturated heterocycles. The molecule has 14 heavy (non-hydrogen) atoms. The summed E-state index contributed by atoms with van der Waals surface area (Å²) in [5.74, 6) is -1.25. The molecule has 1 rings (SSSR count). The summed E-state index contributed by atoms with van der Waals surface area (Å²) in [7, 11) is 0. The van der Waals surface area contributed by atoms with Crippen LogP contribution in [0.1, 0.15) is 25.7 Å². The monoisotopic (exact) mass is 211 g/mol. The minimum Gasteiger partial charge on any atom is -0.480 e. The average molecular weight is 211 g/mol. The van der Waals surface area contributed by atoms with Crippen molar-refractivity contribution in [1.29, 1.82) is 0 Å². The third-order valence-electron chi connectivity index (χ3n) is 2.71. The van der Waals surface area contributed by atoms with Crippen LogP contribution in [0.3, 0.4) is 0 Å². The van der Waals surface area contributed by atoms with Gasteiger partial charge >= 0.3 is 12.1 Å². The van der Waals surface area contributed by atoms with Crippen LogP contribution in [0, 0.1) is 5.41 Å². The first-order valence-electron chi connectivity index (χ1n) is 4.34. The van der Waals surface area contributed by atoms with E-state index in [1.807, 2.05) is 0 Å². The van der Waals surface area contributed by atoms with Crippen molar-refractivity contribution in [2.24, 2.45) is 11.1 Å². The van der Waals surface area contributed by atoms with E-state index in [2.05, 4.69) is 0 Å². The number of rotatable bonds is 4. The van der Waals surface area contributed by atoms with E-state index in [0.717, 1.165) is 0 Å². The van der Waals surface area contributed by atoms with Gasteiger partial charge in [0, 0.05) is 0 Å². The summed E-state index contributed by atoms with van der Waals surface area (Å²) in [6.45, 7) is 0. The van der Waals surface area contributed by atoms with Crippen molar-refractivity contribution in [3.8, 4) is 0 Å². The van der Waals surface area contributed by atoms with Crippen LogP contribution in [0.25, 0.3) is 0 Å². The molecule has 0 aromatic carbocycles. The molecule has 0 bridgehead atoms. The average Bonchev–Trinajstić information content (AvgIpc) is 2.78. The molecular formula is C8H12F3NO2. The first-order valence-corrected chi connectivity index (χ1v) is 4.34. The predicted octanol–water partition coefficient (Wildman–Crippen LogP) is 1.52. The number of hydrogen-bond donors (Lipinski definition) is 2. The molecule has 1 aliphatic carbocycles. The van der Waals surface area contributed by atoms with Crippen molar-refractivity contribution in [2.75, 3.05) is 0 Å². The summed E-state index contributed by atoms with van der Waals surface area (Å²) >= 11 is 0. The molecule has 3 nitrogen and oxygen atoms in total. The van der Waals surface area contributed by atoms with Gasteiger partial charge in [0.1, 0.15) is 6.04 Å². The fraction of sp³-hybridized carbons (Fsp3) is 0.875. The Hall–Kier alpha value is -0.780. The number of alkyl halides is 3. The van der Waals surface area contributed by atoms with Gasteiger partial charge in [-0.1, -0.05) is 0 Å². The molecule has 1 unspecified atom stereocenters. The molecule has 0 heterocycles. The fourth-order valence-electron chi connectivity index (χ4n) is 1.38. The van der Waals surface area contributed by atoms with Gasteiger partial charge in [0.25, 0.3) is 0 Å². The second-order valence-electron chi connectivity index (χ2n) is 3.76. The summed E-state index contributed by atoms with van der Waals surface area (Å²) < 4.78 is 37.1. The Morgan fingerprint density at radius 2 is 2.00 bits per heavy atom. The standard InChI is InChI=1S/C8H12F3NO2/c9-8(10,11)7(3-4-7)2-1-5(12)6(13)14/h5H,1-4,12H2,(H,13,14). The quantitative estimate of drug-likeness (QED) is 0.741. The van der Waals surface area contributed by atoms with Gasteiger partial charge in [-0.05, 0) is 25.7 Å². The number of halogens is 3. The smallest absolute Gasteiger partial charge is 0.394 e. The summed E-state index contributed by atoms with van der Waals surface area (Å²) in [5.41, 5.74) is 3.49. The zero-order chi connectivity index (χ0) is 11.0. The van der Waals surface area contributed by atoms with E-state index in [4.69, 9.17) is 10.8 Å². The molecular weight excluding hydrogens is 199 g/mol. The maximum absolute atomic E-state index is 12.4. The van der Waals surface area contributed by atoms with E-state index in [1.165, 1.54) is 0 Å². The second kappa shape index (κ2) is 3.42. The van der Waals surface area contributed by atoms with Gasteiger partial charge in [0.2, 0.25) is 0 Å². The van der Waals surface area contributed by atoms with Crippen LogP contribution in [0.2, 0.25) is 0 Å². The van der Waals surface area contributed by atoms with Gasteiger partial charge in [0.05, 0.1) is 5.41 Å². The number of hydrogen-bond acceptors (Lipinski definition) is 2. The van der Waals surface area contributed by atoms with Gasteiger partial charge < -0.3 is 10.8 Å². The van der Waals surface area contributed by atoms with Crippen LogP contribution in [0.4, 0.5) is 13.2 Å². The summed E-state index contributed by atoms with van der Waals surface area (Å²) in [4.78, 5) is 10.3. The lowest BCUT2D eigenvalue weighted by molar-refractivity contribution is -0.189. The van der Waals surface area contributed by atoms with E-state index in [1.54, 1.807) is 0 Å². The summed E-state index contributed by atoms with van der Waals surface area (Å²) in [5, 5.41) is 8.40. The van der Waals surface area contributed by atoms with Crippen LogP contribution in [0.5, 0.6) is 0 Å². The summed E-state index contributed by atoms with van der Waals surface area (Å²) in [6, 6.07) is -1.19. The fourth-order valence-corrected chi connectivity index (χ4v) is 1.38. The largest absolute Gasteiger partial charge is 0.480 e. The lowest BCUT2D eigenvalue weighted by Crippen LogP contribution is -2.33. The Bertz CT molecular complexity index is 235. The highest BCUT2D eigenvalue weighted by Crippen LogP contribution is 2.60. The Morgan fingerprint density at radius 1 is 1.50 bits per heavy atom. The van der Waals surface area contributed by atoms with Crippen molar-refractivity contribution in [3.05, 3.63) is 0 Å². The lowest BCUT2D eigenvalue weighted by Gasteiger charge is -2.19. The minimum absolute atomic E-state index is 0.100. The molecule has 0 aliphatic heterocycles. The lowest BCUT2D eigenvalue weighted by atomic mass is 9.97. The van der Waals surface area contributed by atoms with Crippen molar-refractivity contribution in [3.63, 3.8) is 0 Å². The van der Waals surface area contributed by atoms with Crippen molar-refractivity contribution in [1.82, 2.24) is 0 Å². The zero-order valence-corrected chi connectivity index (χ0v) is 7.47. The normalized spacial score (nSPS) is 21.7. The minimum atomic E-state index is -4.22. The Labute approximate surface area is 79.1 Å². The van der Waals surface area contributed by atoms with Crippen LogP contribution in [-0.2, 0) is 4.79 Å². The Balaban J connectivity index is 2.42. The molecule has 1 saturated carbocycles. The third kappa shape index (κ3) is 2.17. The van der Waals surface area contributed by atoms with Crippen molar-refractivity contribution < 1.29 is 23.1 Å². The van der Waals surface area contributed by atoms with Crippen LogP contribution >= 0.6 is 0 Å². The maximum atomic E-state index is 12.4. The topological polar surface area (TPSA) is 63.3 Å². The van der Waals surface area contributed by atoms with E-state index in [0.29, 0.717) is 0 Å². The highest BCUT2D eigenvalue weighted by atomic mass is 19.4. The molecule has 0 amide bonds. The van der Waals surface area contributed by atoms with E-state index in [-0.39, 0.29) is 25.7 Å². The Kier molecular flexibility index (Phi) is 2.76. The first-order chi connectivity index (χ1) is 6.28. The van der Waals surface area contributed by atoms with Gasteiger partial charge in [-0.15, -0.1) is 0 Å². The van der Waals surface area contributed by atoms with Crippen molar-refractivity contribution >= 4 is 5.97 Å². The van der Waals surface area contributed by atoms with Gasteiger partial charge in [-0.2, -0.15) is 13.2 Å². The maximum Gasteiger partial charge on any atom is 0.394 e. The molecule has 6 heteroatoms. The van der Waals surface area contributed by atoms with Gasteiger partial charge in [-0.3, -0.25) is 4.79 Å². The molecule has 82 valence electrons. The number of nitrogens with two attached hydrogens (primary N) is 1. The molecule has 1 fully saturated rings. The van der Waals surface area contributed by atoms with Gasteiger partial charge in [-0.25, -0.2) is 0 Å². The molecule has 0 aromatic rings. The molecule has 3 N–H and O–H groups in total. The molecule has 1 atom stereocenters. The third-order valence-corrected chi connectivity index (χ3v) is 2.71. The van der Waals surface area contributed by atoms with Crippen molar-refractivity contribution in [2.45, 2.75) is 37.9 Å². The second-order valence-corrected chi connectivity index (χ2v) is 3.76. The number of carboxylic acid groups (broad SMARTS) is 1. The highest BCUT2D eigenvalue weighted by molar-refractivity contribution is 5.72. The zero-order valence-electron chi connectivity index (χ0n) is 7.47. The van der Waals surface area contributed by atoms with Gasteiger partial charge in [0.15, 0.2) is 0 Å². The first kappa shape index (κ1) is 11.3. The van der Waals surface area contributed by atoms with E-state index < -0.39 is 23.6 Å². The van der Waals surface area contributed by atoms with Crippen LogP contribution in [0.15, 0.2) is 0 Å². The van der Waals surface area contributed by atoms with Crippen LogP contribution < -0.4 is 5.73 Å². The highest BCUT2D eigenvalue weighted by Gasteiger charge is 2.62. The Morgan fingerprint density at radius 3 is 2.29 bits per heavy atom. The molecule has 1 aliphatic rings. The van der Waals surface area contributed by atoms with E-state index >= 15 is 0 Å². The number of carboxylic acids is 1. The van der Waals surface area contributed by atoms with Crippen LogP contribution in [-0.4, -0.2) is 23.3 Å². The predicted molar refractivity (Wildman–Crippen MR) is 42.6 cm³/mol. The van der Waals surface area contributed by atoms with E-state index in [9.17, 15) is 18.0 Å². The molecule has 0 spiro atoms. The molecule has 0 radical (unpaired) electrons. The number of carbonyl (C=O) groups is 1. The number of aliphatic carboxylic acids is 1. The SMILES string of the molecule is NC(CCC1(C(F)(F)F)CC1)C(=O)O.